The molecule has 0 aromatic carbocycles. The van der Waals surface area contributed by atoms with Crippen LogP contribution >= 0.6 is 34.8 Å². The van der Waals surface area contributed by atoms with Crippen LogP contribution in [0.1, 0.15) is 53.7 Å². The van der Waals surface area contributed by atoms with E-state index in [2.05, 4.69) is 31.0 Å². The number of alkyl halides is 6. The van der Waals surface area contributed by atoms with Gasteiger partial charge in [-0.1, -0.05) is 54.1 Å². The fourth-order valence-corrected chi connectivity index (χ4v) is 1.84. The summed E-state index contributed by atoms with van der Waals surface area (Å²) in [6.07, 6.45) is -7.83. The zero-order valence-corrected chi connectivity index (χ0v) is 19.7. The Bertz CT molecular complexity index is 747. The third kappa shape index (κ3) is 16.6. The van der Waals surface area contributed by atoms with E-state index in [1.807, 2.05) is 27.7 Å². The molecule has 0 saturated heterocycles. The molecule has 196 valence electrons. The van der Waals surface area contributed by atoms with Crippen molar-refractivity contribution in [3.8, 4) is 0 Å². The Morgan fingerprint density at radius 2 is 1.06 bits per heavy atom. The number of aromatic nitrogens is 4. The largest absolute Gasteiger partial charge is 0.421 e. The minimum absolute atomic E-state index is 0. The number of anilines is 1. The molecule has 0 amide bonds. The molecule has 0 aliphatic rings. The number of nitrogens with one attached hydrogen (secondary N) is 1. The predicted octanol–water partition coefficient (Wildman–Crippen LogP) is 7.89. The lowest BCUT2D eigenvalue weighted by Crippen LogP contribution is -2.11. The van der Waals surface area contributed by atoms with Crippen LogP contribution in [0, 0.1) is 0 Å². The first-order valence-corrected chi connectivity index (χ1v) is 9.60. The summed E-state index contributed by atoms with van der Waals surface area (Å²) in [4.78, 5) is 12.9. The van der Waals surface area contributed by atoms with Gasteiger partial charge in [-0.3, -0.25) is 0 Å². The van der Waals surface area contributed by atoms with Crippen molar-refractivity contribution in [1.82, 2.24) is 19.9 Å². The summed E-state index contributed by atoms with van der Waals surface area (Å²) in [5.74, 6) is -0.326. The maximum atomic E-state index is 12.2. The fourth-order valence-electron chi connectivity index (χ4n) is 1.29. The predicted molar refractivity (Wildman–Crippen MR) is 125 cm³/mol. The molecule has 0 unspecified atom stereocenters. The zero-order valence-electron chi connectivity index (χ0n) is 17.4. The van der Waals surface area contributed by atoms with Crippen LogP contribution in [0.15, 0.2) is 12.4 Å². The van der Waals surface area contributed by atoms with Gasteiger partial charge in [0.25, 0.3) is 0 Å². The third-order valence-corrected chi connectivity index (χ3v) is 2.97. The van der Waals surface area contributed by atoms with Gasteiger partial charge >= 0.3 is 12.4 Å². The van der Waals surface area contributed by atoms with Crippen molar-refractivity contribution in [1.29, 1.82) is 0 Å². The Balaban J connectivity index is -0.000000123. The Morgan fingerprint density at radius 1 is 0.727 bits per heavy atom. The van der Waals surface area contributed by atoms with Crippen molar-refractivity contribution in [2.24, 2.45) is 5.73 Å². The van der Waals surface area contributed by atoms with Gasteiger partial charge in [-0.25, -0.2) is 19.9 Å². The van der Waals surface area contributed by atoms with E-state index < -0.39 is 28.6 Å². The van der Waals surface area contributed by atoms with Gasteiger partial charge in [-0.15, -0.1) is 0 Å². The molecule has 0 saturated carbocycles. The summed E-state index contributed by atoms with van der Waals surface area (Å²) < 4.78 is 72.5. The number of nitrogens with two attached hydrogens (primary N) is 1. The normalized spacial score (nSPS) is 9.33. The van der Waals surface area contributed by atoms with E-state index in [9.17, 15) is 26.3 Å². The maximum absolute atomic E-state index is 12.2. The number of rotatable bonds is 1. The van der Waals surface area contributed by atoms with Crippen LogP contribution in [0.4, 0.5) is 32.2 Å². The summed E-state index contributed by atoms with van der Waals surface area (Å²) in [7, 11) is 2.83. The standard InChI is InChI=1S/C6H5ClF3N3.C5HCl2F3N2.2C2H6.CH5N.2CH4/c1-11-4-3(6(8,9)10)2-12-5(7)13-4;6-3-2(5(8,9)10)1-11-4(7)12-3;3*1-2;;/h2H,1H3,(H,11,12,13);1H;2*1-2H3;2H2,1H3;2*1H4. The SMILES string of the molecule is C.C.CC.CC.CN.CNc1nc(Cl)ncc1C(F)(F)F.FC(F)(F)c1cnc(Cl)nc1Cl. The third-order valence-electron chi connectivity index (χ3n) is 2.32. The van der Waals surface area contributed by atoms with Gasteiger partial charge in [0, 0.05) is 19.4 Å². The minimum atomic E-state index is -4.54. The molecular weight excluding hydrogens is 521 g/mol. The van der Waals surface area contributed by atoms with Gasteiger partial charge < -0.3 is 11.1 Å². The monoisotopic (exact) mass is 550 g/mol. The molecule has 0 atom stereocenters. The fraction of sp³-hybridized carbons (Fsp3) is 0.556. The van der Waals surface area contributed by atoms with E-state index >= 15 is 0 Å². The van der Waals surface area contributed by atoms with Gasteiger partial charge in [0.1, 0.15) is 22.1 Å². The van der Waals surface area contributed by atoms with Crippen molar-refractivity contribution in [3.63, 3.8) is 0 Å². The molecule has 33 heavy (non-hydrogen) atoms. The topological polar surface area (TPSA) is 89.6 Å². The average molecular weight is 552 g/mol. The Hall–Kier alpha value is -1.63. The van der Waals surface area contributed by atoms with Gasteiger partial charge in [-0.2, -0.15) is 26.3 Å². The molecule has 3 N–H and O–H groups in total. The molecular formula is C18H31Cl3F6N6. The maximum Gasteiger partial charge on any atom is 0.421 e. The van der Waals surface area contributed by atoms with Crippen molar-refractivity contribution >= 4 is 40.6 Å². The minimum Gasteiger partial charge on any atom is -0.372 e. The molecule has 0 spiro atoms. The van der Waals surface area contributed by atoms with Crippen LogP contribution in [0.3, 0.4) is 0 Å². The lowest BCUT2D eigenvalue weighted by molar-refractivity contribution is -0.138. The van der Waals surface area contributed by atoms with Gasteiger partial charge in [0.15, 0.2) is 0 Å². The molecule has 0 bridgehead atoms. The molecule has 0 aliphatic heterocycles. The van der Waals surface area contributed by atoms with Crippen LogP contribution in [-0.2, 0) is 12.4 Å². The van der Waals surface area contributed by atoms with Crippen LogP contribution in [0.5, 0.6) is 0 Å². The lowest BCUT2D eigenvalue weighted by Gasteiger charge is -2.10. The second-order valence-electron chi connectivity index (χ2n) is 3.99. The number of halogens is 9. The summed E-state index contributed by atoms with van der Waals surface area (Å²) in [6, 6.07) is 0. The van der Waals surface area contributed by atoms with Crippen LogP contribution in [0.25, 0.3) is 0 Å². The average Bonchev–Trinajstić information content (AvgIpc) is 2.71. The summed E-state index contributed by atoms with van der Waals surface area (Å²) in [5, 5.41) is 1.06. The highest BCUT2D eigenvalue weighted by Gasteiger charge is 2.35. The first-order chi connectivity index (χ1) is 14.4. The van der Waals surface area contributed by atoms with Crippen LogP contribution in [0.2, 0.25) is 15.7 Å². The molecule has 2 aromatic heterocycles. The first kappa shape index (κ1) is 41.6. The van der Waals surface area contributed by atoms with Gasteiger partial charge in [0.05, 0.1) is 0 Å². The van der Waals surface area contributed by atoms with Crippen molar-refractivity contribution < 1.29 is 26.3 Å². The lowest BCUT2D eigenvalue weighted by atomic mass is 10.3. The molecule has 0 aliphatic carbocycles. The Morgan fingerprint density at radius 3 is 1.36 bits per heavy atom. The van der Waals surface area contributed by atoms with E-state index in [1.165, 1.54) is 14.1 Å². The highest BCUT2D eigenvalue weighted by molar-refractivity contribution is 6.32. The van der Waals surface area contributed by atoms with Gasteiger partial charge in [0.2, 0.25) is 10.6 Å². The second-order valence-corrected chi connectivity index (χ2v) is 5.02. The van der Waals surface area contributed by atoms with E-state index in [-0.39, 0.29) is 31.2 Å². The number of hydrogen-bond acceptors (Lipinski definition) is 6. The zero-order chi connectivity index (χ0) is 25.4. The first-order valence-electron chi connectivity index (χ1n) is 8.46. The van der Waals surface area contributed by atoms with Crippen molar-refractivity contribution in [3.05, 3.63) is 39.2 Å². The van der Waals surface area contributed by atoms with Crippen molar-refractivity contribution in [2.75, 3.05) is 19.4 Å². The summed E-state index contributed by atoms with van der Waals surface area (Å²) in [6.45, 7) is 8.00. The molecule has 2 rings (SSSR count). The summed E-state index contributed by atoms with van der Waals surface area (Å²) >= 11 is 15.7. The van der Waals surface area contributed by atoms with E-state index in [1.54, 1.807) is 0 Å². The quantitative estimate of drug-likeness (QED) is 0.213. The Labute approximate surface area is 206 Å². The highest BCUT2D eigenvalue weighted by Crippen LogP contribution is 2.34. The smallest absolute Gasteiger partial charge is 0.372 e. The van der Waals surface area contributed by atoms with Crippen LogP contribution in [-0.4, -0.2) is 34.0 Å². The van der Waals surface area contributed by atoms with Gasteiger partial charge in [-0.05, 0) is 30.2 Å². The summed E-state index contributed by atoms with van der Waals surface area (Å²) in [5.41, 5.74) is 2.48. The molecule has 0 radical (unpaired) electrons. The molecule has 0 fully saturated rings. The Kier molecular flexibility index (Phi) is 26.4. The number of hydrogen-bond donors (Lipinski definition) is 2. The van der Waals surface area contributed by atoms with E-state index in [4.69, 9.17) is 34.8 Å². The second kappa shape index (κ2) is 20.9. The molecule has 2 heterocycles. The molecule has 2 aromatic rings. The van der Waals surface area contributed by atoms with Crippen LogP contribution < -0.4 is 11.1 Å². The molecule has 15 heteroatoms. The highest BCUT2D eigenvalue weighted by atomic mass is 35.5. The van der Waals surface area contributed by atoms with E-state index in [0.29, 0.717) is 12.4 Å². The number of nitrogens with zero attached hydrogens (tertiary/aromatic N) is 4. The van der Waals surface area contributed by atoms with E-state index in [0.717, 1.165) is 0 Å². The molecule has 6 nitrogen and oxygen atoms in total. The van der Waals surface area contributed by atoms with Crippen molar-refractivity contribution in [2.45, 2.75) is 54.9 Å².